The predicted octanol–water partition coefficient (Wildman–Crippen LogP) is 30.9. The van der Waals surface area contributed by atoms with Gasteiger partial charge >= 0.3 is 5.97 Å². The summed E-state index contributed by atoms with van der Waals surface area (Å²) in [6.07, 6.45) is 117. The fourth-order valence-corrected chi connectivity index (χ4v) is 14.7. The first-order chi connectivity index (χ1) is 49.0. The van der Waals surface area contributed by atoms with Gasteiger partial charge in [-0.15, -0.1) is 0 Å². The molecule has 0 aliphatic heterocycles. The van der Waals surface area contributed by atoms with E-state index in [-0.39, 0.29) is 18.5 Å². The van der Waals surface area contributed by atoms with Gasteiger partial charge in [0, 0.05) is 12.8 Å². The Balaban J connectivity index is 3.33. The second-order valence-corrected chi connectivity index (χ2v) is 31.6. The van der Waals surface area contributed by atoms with Gasteiger partial charge in [-0.05, 0) is 83.5 Å². The molecule has 0 aliphatic rings. The zero-order valence-electron chi connectivity index (χ0n) is 67.5. The van der Waals surface area contributed by atoms with Crippen molar-refractivity contribution in [1.29, 1.82) is 0 Å². The summed E-state index contributed by atoms with van der Waals surface area (Å²) in [7, 11) is 0. The lowest BCUT2D eigenvalue weighted by molar-refractivity contribution is -0.143. The number of hydrogen-bond donors (Lipinski definition) is 3. The third-order valence-corrected chi connectivity index (χ3v) is 21.7. The molecule has 0 radical (unpaired) electrons. The third-order valence-electron chi connectivity index (χ3n) is 21.7. The molecule has 99 heavy (non-hydrogen) atoms. The number of amides is 1. The Kier molecular flexibility index (Phi) is 86.8. The number of ether oxygens (including phenoxy) is 1. The van der Waals surface area contributed by atoms with Crippen LogP contribution in [0.1, 0.15) is 521 Å². The number of aliphatic hydroxyl groups is 2. The maximum absolute atomic E-state index is 12.6. The van der Waals surface area contributed by atoms with Gasteiger partial charge in [0.2, 0.25) is 5.91 Å². The van der Waals surface area contributed by atoms with Crippen LogP contribution >= 0.6 is 0 Å². The van der Waals surface area contributed by atoms with Gasteiger partial charge < -0.3 is 20.3 Å². The summed E-state index contributed by atoms with van der Waals surface area (Å²) < 4.78 is 5.52. The van der Waals surface area contributed by atoms with E-state index in [1.807, 2.05) is 0 Å². The first kappa shape index (κ1) is 97.1. The molecule has 3 N–H and O–H groups in total. The Labute approximate surface area is 621 Å². The number of hydrogen-bond acceptors (Lipinski definition) is 5. The smallest absolute Gasteiger partial charge is 0.305 e. The van der Waals surface area contributed by atoms with Gasteiger partial charge in [0.05, 0.1) is 25.4 Å². The lowest BCUT2D eigenvalue weighted by Gasteiger charge is -2.22. The molecule has 6 nitrogen and oxygen atoms in total. The van der Waals surface area contributed by atoms with Crippen LogP contribution in [0.3, 0.4) is 0 Å². The van der Waals surface area contributed by atoms with Crippen molar-refractivity contribution in [2.45, 2.75) is 533 Å². The Morgan fingerprint density at radius 1 is 0.283 bits per heavy atom. The molecular weight excluding hydrogens is 1210 g/mol. The molecule has 0 rings (SSSR count). The largest absolute Gasteiger partial charge is 0.466 e. The lowest BCUT2D eigenvalue weighted by Crippen LogP contribution is -2.45. The van der Waals surface area contributed by atoms with Crippen LogP contribution in [0.5, 0.6) is 0 Å². The van der Waals surface area contributed by atoms with Crippen LogP contribution in [0.2, 0.25) is 0 Å². The standard InChI is InChI=1S/C93H179NO5/c1-3-5-7-9-11-13-15-17-19-21-23-24-25-41-44-47-50-53-57-61-65-69-73-77-81-85-91(96)90(89-95)94-92(97)86-82-78-74-70-66-62-58-54-51-48-45-42-39-37-35-33-31-29-27-26-28-30-32-34-36-38-40-43-46-49-52-56-60-64-68-72-76-80-84-88-99-93(98)87-83-79-75-71-67-63-59-55-22-20-18-16-14-12-10-8-6-4-2/h14,16,20,22,26-27,90-91,95-96H,3-13,15,17-19,21,23-25,28-89H2,1-2H3,(H,94,97)/b16-14-,22-20-,27-26-. The molecule has 0 bridgehead atoms. The van der Waals surface area contributed by atoms with E-state index in [2.05, 4.69) is 55.6 Å². The summed E-state index contributed by atoms with van der Waals surface area (Å²) in [4.78, 5) is 24.7. The van der Waals surface area contributed by atoms with Gasteiger partial charge in [0.25, 0.3) is 0 Å². The summed E-state index contributed by atoms with van der Waals surface area (Å²) >= 11 is 0. The van der Waals surface area contributed by atoms with Gasteiger partial charge in [-0.3, -0.25) is 9.59 Å². The van der Waals surface area contributed by atoms with Crippen LogP contribution in [0.25, 0.3) is 0 Å². The molecule has 0 aliphatic carbocycles. The molecule has 586 valence electrons. The number of esters is 1. The monoisotopic (exact) mass is 1390 g/mol. The van der Waals surface area contributed by atoms with Crippen LogP contribution in [-0.2, 0) is 14.3 Å². The van der Waals surface area contributed by atoms with Crippen LogP contribution in [0.4, 0.5) is 0 Å². The summed E-state index contributed by atoms with van der Waals surface area (Å²) in [5, 5.41) is 23.5. The highest BCUT2D eigenvalue weighted by molar-refractivity contribution is 5.76. The fraction of sp³-hybridized carbons (Fsp3) is 0.914. The minimum atomic E-state index is -0.663. The quantitative estimate of drug-likeness (QED) is 0.0320. The van der Waals surface area contributed by atoms with Crippen molar-refractivity contribution in [1.82, 2.24) is 5.32 Å². The van der Waals surface area contributed by atoms with Crippen molar-refractivity contribution in [3.63, 3.8) is 0 Å². The number of carbonyl (C=O) groups excluding carboxylic acids is 2. The zero-order valence-corrected chi connectivity index (χ0v) is 67.5. The fourth-order valence-electron chi connectivity index (χ4n) is 14.7. The van der Waals surface area contributed by atoms with Crippen LogP contribution in [0.15, 0.2) is 36.5 Å². The Morgan fingerprint density at radius 3 is 0.788 bits per heavy atom. The number of unbranched alkanes of at least 4 members (excludes halogenated alkanes) is 70. The summed E-state index contributed by atoms with van der Waals surface area (Å²) in [6, 6.07) is -0.540. The van der Waals surface area contributed by atoms with Gasteiger partial charge in [-0.1, -0.05) is 461 Å². The van der Waals surface area contributed by atoms with E-state index in [1.54, 1.807) is 0 Å². The van der Waals surface area contributed by atoms with E-state index >= 15 is 0 Å². The van der Waals surface area contributed by atoms with E-state index < -0.39 is 12.1 Å². The summed E-state index contributed by atoms with van der Waals surface area (Å²) in [5.41, 5.74) is 0. The van der Waals surface area contributed by atoms with Gasteiger partial charge in [0.15, 0.2) is 0 Å². The molecule has 0 saturated carbocycles. The van der Waals surface area contributed by atoms with E-state index in [9.17, 15) is 19.8 Å². The molecule has 0 fully saturated rings. The molecule has 0 aromatic rings. The minimum Gasteiger partial charge on any atom is -0.466 e. The molecule has 2 unspecified atom stereocenters. The van der Waals surface area contributed by atoms with Crippen molar-refractivity contribution in [3.8, 4) is 0 Å². The first-order valence-corrected chi connectivity index (χ1v) is 45.7. The first-order valence-electron chi connectivity index (χ1n) is 45.7. The van der Waals surface area contributed by atoms with Crippen molar-refractivity contribution >= 4 is 11.9 Å². The molecule has 2 atom stereocenters. The highest BCUT2D eigenvalue weighted by Gasteiger charge is 2.20. The highest BCUT2D eigenvalue weighted by atomic mass is 16.5. The molecule has 0 spiro atoms. The second-order valence-electron chi connectivity index (χ2n) is 31.6. The van der Waals surface area contributed by atoms with E-state index in [1.165, 1.54) is 437 Å². The van der Waals surface area contributed by atoms with Crippen LogP contribution in [0, 0.1) is 0 Å². The summed E-state index contributed by atoms with van der Waals surface area (Å²) in [5.74, 6) is -0.00797. The van der Waals surface area contributed by atoms with Crippen molar-refractivity contribution in [3.05, 3.63) is 36.5 Å². The van der Waals surface area contributed by atoms with Crippen molar-refractivity contribution < 1.29 is 24.5 Å². The molecule has 0 heterocycles. The predicted molar refractivity (Wildman–Crippen MR) is 439 cm³/mol. The maximum atomic E-state index is 12.6. The number of nitrogens with one attached hydrogen (secondary N) is 1. The average Bonchev–Trinajstić information content (AvgIpc) is 2.05. The lowest BCUT2D eigenvalue weighted by atomic mass is 10.0. The second kappa shape index (κ2) is 88.5. The SMILES string of the molecule is CCCCCC/C=C\C/C=C\CCCCCCCCCC(=O)OCCCCCCCCCCCCCCCCCCCC/C=C\CCCCCCCCCCCCCCCCCCCC(=O)NC(CO)C(O)CCCCCCCCCCCCCCCCCCCCCCCCCCC. The van der Waals surface area contributed by atoms with E-state index in [0.717, 1.165) is 51.4 Å². The molecule has 0 aromatic heterocycles. The molecule has 1 amide bonds. The van der Waals surface area contributed by atoms with Crippen LogP contribution in [-0.4, -0.2) is 47.4 Å². The minimum absolute atomic E-state index is 0.0162. The van der Waals surface area contributed by atoms with E-state index in [4.69, 9.17) is 4.74 Å². The number of carbonyl (C=O) groups is 2. The third kappa shape index (κ3) is 84.9. The number of rotatable bonds is 87. The molecule has 0 aromatic carbocycles. The molecule has 6 heteroatoms. The topological polar surface area (TPSA) is 95.9 Å². The van der Waals surface area contributed by atoms with Gasteiger partial charge in [-0.2, -0.15) is 0 Å². The zero-order chi connectivity index (χ0) is 71.2. The Morgan fingerprint density at radius 2 is 0.505 bits per heavy atom. The summed E-state index contributed by atoms with van der Waals surface area (Å²) in [6.45, 7) is 5.00. The Bertz CT molecular complexity index is 1610. The molecular formula is C93H179NO5. The maximum Gasteiger partial charge on any atom is 0.305 e. The van der Waals surface area contributed by atoms with Crippen molar-refractivity contribution in [2.24, 2.45) is 0 Å². The molecule has 0 saturated heterocycles. The normalized spacial score (nSPS) is 12.6. The highest BCUT2D eigenvalue weighted by Crippen LogP contribution is 2.21. The number of aliphatic hydroxyl groups excluding tert-OH is 2. The Hall–Kier alpha value is -1.92. The van der Waals surface area contributed by atoms with Crippen LogP contribution < -0.4 is 5.32 Å². The van der Waals surface area contributed by atoms with Crippen molar-refractivity contribution in [2.75, 3.05) is 13.2 Å². The van der Waals surface area contributed by atoms with Gasteiger partial charge in [-0.25, -0.2) is 0 Å². The number of allylic oxidation sites excluding steroid dienone is 6. The average molecular weight is 1390 g/mol. The van der Waals surface area contributed by atoms with Gasteiger partial charge in [0.1, 0.15) is 0 Å². The van der Waals surface area contributed by atoms with E-state index in [0.29, 0.717) is 25.9 Å².